The summed E-state index contributed by atoms with van der Waals surface area (Å²) >= 11 is 0. The zero-order valence-corrected chi connectivity index (χ0v) is 19.7. The molecule has 0 radical (unpaired) electrons. The van der Waals surface area contributed by atoms with Crippen LogP contribution in [0.1, 0.15) is 21.9 Å². The number of para-hydroxylation sites is 2. The SMILES string of the molecule is COc1ccccc1OCc1ccc(C(=O)N2CCN(S(=O)(=O)c3cc(C)ccc3O)CC2)o1. The zero-order chi connectivity index (χ0) is 24.3. The van der Waals surface area contributed by atoms with Gasteiger partial charge in [-0.3, -0.25) is 4.79 Å². The monoisotopic (exact) mass is 486 g/mol. The fourth-order valence-electron chi connectivity index (χ4n) is 3.71. The highest BCUT2D eigenvalue weighted by molar-refractivity contribution is 7.89. The van der Waals surface area contributed by atoms with Gasteiger partial charge < -0.3 is 23.9 Å². The van der Waals surface area contributed by atoms with Gasteiger partial charge in [-0.25, -0.2) is 8.42 Å². The van der Waals surface area contributed by atoms with Crippen LogP contribution in [0.15, 0.2) is 63.9 Å². The molecule has 34 heavy (non-hydrogen) atoms. The van der Waals surface area contributed by atoms with E-state index in [-0.39, 0.29) is 55.1 Å². The molecule has 1 aromatic heterocycles. The standard InChI is InChI=1S/C24H26N2O7S/c1-17-7-9-19(27)23(15-17)34(29,30)26-13-11-25(12-14-26)24(28)22-10-8-18(33-22)16-32-21-6-4-3-5-20(21)31-2/h3-10,15,27H,11-14,16H2,1-2H3. The predicted octanol–water partition coefficient (Wildman–Crippen LogP) is 3.03. The molecule has 0 bridgehead atoms. The number of aryl methyl sites for hydroxylation is 1. The summed E-state index contributed by atoms with van der Waals surface area (Å²) in [5.74, 6) is 1.18. The summed E-state index contributed by atoms with van der Waals surface area (Å²) in [7, 11) is -2.31. The summed E-state index contributed by atoms with van der Waals surface area (Å²) in [4.78, 5) is 14.3. The molecule has 4 rings (SSSR count). The highest BCUT2D eigenvalue weighted by atomic mass is 32.2. The average molecular weight is 487 g/mol. The number of carbonyl (C=O) groups is 1. The second-order valence-corrected chi connectivity index (χ2v) is 9.78. The number of nitrogens with zero attached hydrogens (tertiary/aromatic N) is 2. The van der Waals surface area contributed by atoms with Crippen molar-refractivity contribution >= 4 is 15.9 Å². The van der Waals surface area contributed by atoms with E-state index < -0.39 is 10.0 Å². The fraction of sp³-hybridized carbons (Fsp3) is 0.292. The van der Waals surface area contributed by atoms with Crippen molar-refractivity contribution < 1.29 is 32.2 Å². The number of rotatable bonds is 7. The van der Waals surface area contributed by atoms with Gasteiger partial charge in [0.25, 0.3) is 5.91 Å². The Hall–Kier alpha value is -3.50. The van der Waals surface area contributed by atoms with Gasteiger partial charge in [-0.1, -0.05) is 18.2 Å². The zero-order valence-electron chi connectivity index (χ0n) is 18.9. The van der Waals surface area contributed by atoms with Gasteiger partial charge in [-0.15, -0.1) is 0 Å². The van der Waals surface area contributed by atoms with Crippen LogP contribution in [0.5, 0.6) is 17.2 Å². The van der Waals surface area contributed by atoms with Crippen LogP contribution in [-0.2, 0) is 16.6 Å². The molecule has 0 spiro atoms. The minimum Gasteiger partial charge on any atom is -0.507 e. The van der Waals surface area contributed by atoms with Crippen molar-refractivity contribution in [1.82, 2.24) is 9.21 Å². The molecular weight excluding hydrogens is 460 g/mol. The van der Waals surface area contributed by atoms with Crippen molar-refractivity contribution in [3.05, 3.63) is 71.7 Å². The number of hydrogen-bond donors (Lipinski definition) is 1. The first-order valence-electron chi connectivity index (χ1n) is 10.7. The summed E-state index contributed by atoms with van der Waals surface area (Å²) in [6, 6.07) is 14.9. The largest absolute Gasteiger partial charge is 0.507 e. The molecule has 0 unspecified atom stereocenters. The maximum atomic E-state index is 13.0. The normalized spacial score (nSPS) is 14.7. The number of furan rings is 1. The first-order valence-corrected chi connectivity index (χ1v) is 12.2. The number of phenolic OH excluding ortho intramolecular Hbond substituents is 1. The molecule has 0 aliphatic carbocycles. The number of benzene rings is 2. The highest BCUT2D eigenvalue weighted by Crippen LogP contribution is 2.28. The van der Waals surface area contributed by atoms with Crippen LogP contribution in [0.2, 0.25) is 0 Å². The molecule has 2 heterocycles. The lowest BCUT2D eigenvalue weighted by Crippen LogP contribution is -2.50. The molecule has 2 aromatic carbocycles. The van der Waals surface area contributed by atoms with Crippen LogP contribution < -0.4 is 9.47 Å². The third-order valence-electron chi connectivity index (χ3n) is 5.57. The Bertz CT molecular complexity index is 1280. The van der Waals surface area contributed by atoms with E-state index in [1.807, 2.05) is 12.1 Å². The van der Waals surface area contributed by atoms with E-state index >= 15 is 0 Å². The maximum Gasteiger partial charge on any atom is 0.289 e. The lowest BCUT2D eigenvalue weighted by Gasteiger charge is -2.33. The molecule has 1 fully saturated rings. The topological polar surface area (TPSA) is 110 Å². The molecule has 9 nitrogen and oxygen atoms in total. The van der Waals surface area contributed by atoms with E-state index in [2.05, 4.69) is 0 Å². The molecule has 180 valence electrons. The van der Waals surface area contributed by atoms with Gasteiger partial charge in [0.2, 0.25) is 10.0 Å². The Morgan fingerprint density at radius 2 is 1.74 bits per heavy atom. The summed E-state index contributed by atoms with van der Waals surface area (Å²) in [5.41, 5.74) is 0.730. The van der Waals surface area contributed by atoms with Crippen molar-refractivity contribution in [2.24, 2.45) is 0 Å². The minimum atomic E-state index is -3.87. The van der Waals surface area contributed by atoms with Gasteiger partial charge in [0, 0.05) is 26.2 Å². The number of amides is 1. The van der Waals surface area contributed by atoms with Crippen molar-refractivity contribution in [2.45, 2.75) is 18.4 Å². The van der Waals surface area contributed by atoms with Crippen molar-refractivity contribution in [3.8, 4) is 17.2 Å². The second kappa shape index (κ2) is 9.78. The van der Waals surface area contributed by atoms with E-state index in [1.165, 1.54) is 16.4 Å². The smallest absolute Gasteiger partial charge is 0.289 e. The van der Waals surface area contributed by atoms with E-state index in [1.54, 1.807) is 49.3 Å². The number of carbonyl (C=O) groups excluding carboxylic acids is 1. The van der Waals surface area contributed by atoms with Gasteiger partial charge in [0.1, 0.15) is 23.0 Å². The Morgan fingerprint density at radius 3 is 2.44 bits per heavy atom. The predicted molar refractivity (Wildman–Crippen MR) is 124 cm³/mol. The summed E-state index contributed by atoms with van der Waals surface area (Å²) in [6.45, 7) is 2.53. The summed E-state index contributed by atoms with van der Waals surface area (Å²) in [5, 5.41) is 10.0. The number of phenols is 1. The van der Waals surface area contributed by atoms with Crippen LogP contribution in [0.3, 0.4) is 0 Å². The number of methoxy groups -OCH3 is 1. The quantitative estimate of drug-likeness (QED) is 0.547. The first kappa shape index (κ1) is 23.7. The minimum absolute atomic E-state index is 0.117. The lowest BCUT2D eigenvalue weighted by atomic mass is 10.2. The molecule has 1 saturated heterocycles. The van der Waals surface area contributed by atoms with Crippen LogP contribution in [-0.4, -0.2) is 61.9 Å². The third kappa shape index (κ3) is 4.87. The van der Waals surface area contributed by atoms with E-state index in [0.717, 1.165) is 5.56 Å². The molecule has 3 aromatic rings. The Morgan fingerprint density at radius 1 is 1.03 bits per heavy atom. The van der Waals surface area contributed by atoms with Crippen LogP contribution in [0.25, 0.3) is 0 Å². The van der Waals surface area contributed by atoms with Crippen LogP contribution in [0, 0.1) is 6.92 Å². The molecule has 1 aliphatic heterocycles. The van der Waals surface area contributed by atoms with Crippen molar-refractivity contribution in [1.29, 1.82) is 0 Å². The molecule has 0 atom stereocenters. The van der Waals surface area contributed by atoms with Gasteiger partial charge in [0.15, 0.2) is 17.3 Å². The van der Waals surface area contributed by atoms with Crippen molar-refractivity contribution in [3.63, 3.8) is 0 Å². The Balaban J connectivity index is 1.37. The maximum absolute atomic E-state index is 13.0. The number of hydrogen-bond acceptors (Lipinski definition) is 7. The summed E-state index contributed by atoms with van der Waals surface area (Å²) in [6.07, 6.45) is 0. The van der Waals surface area contributed by atoms with Crippen molar-refractivity contribution in [2.75, 3.05) is 33.3 Å². The van der Waals surface area contributed by atoms with Crippen LogP contribution >= 0.6 is 0 Å². The van der Waals surface area contributed by atoms with Crippen LogP contribution in [0.4, 0.5) is 0 Å². The average Bonchev–Trinajstić information content (AvgIpc) is 3.33. The number of aromatic hydroxyl groups is 1. The third-order valence-corrected chi connectivity index (χ3v) is 7.50. The molecule has 10 heteroatoms. The lowest BCUT2D eigenvalue weighted by molar-refractivity contribution is 0.0661. The Kier molecular flexibility index (Phi) is 6.80. The van der Waals surface area contributed by atoms with E-state index in [9.17, 15) is 18.3 Å². The second-order valence-electron chi connectivity index (χ2n) is 7.87. The first-order chi connectivity index (χ1) is 16.3. The van der Waals surface area contributed by atoms with Gasteiger partial charge >= 0.3 is 0 Å². The highest BCUT2D eigenvalue weighted by Gasteiger charge is 2.32. The number of ether oxygens (including phenoxy) is 2. The molecular formula is C24H26N2O7S. The van der Waals surface area contributed by atoms with Gasteiger partial charge in [-0.2, -0.15) is 4.31 Å². The molecule has 1 aliphatic rings. The number of piperazine rings is 1. The molecule has 1 amide bonds. The van der Waals surface area contributed by atoms with Gasteiger partial charge in [-0.05, 0) is 48.9 Å². The van der Waals surface area contributed by atoms with E-state index in [0.29, 0.717) is 17.3 Å². The van der Waals surface area contributed by atoms with Gasteiger partial charge in [0.05, 0.1) is 7.11 Å². The Labute approximate surface area is 198 Å². The van der Waals surface area contributed by atoms with E-state index in [4.69, 9.17) is 13.9 Å². The number of sulfonamides is 1. The summed E-state index contributed by atoms with van der Waals surface area (Å²) < 4.78 is 43.9. The fourth-order valence-corrected chi connectivity index (χ4v) is 5.30. The molecule has 1 N–H and O–H groups in total. The molecule has 0 saturated carbocycles.